The number of rotatable bonds is 9. The quantitative estimate of drug-likeness (QED) is 0.100. The number of halogens is 5. The van der Waals surface area contributed by atoms with Crippen molar-refractivity contribution in [3.63, 3.8) is 0 Å². The molecule has 2 atom stereocenters. The lowest BCUT2D eigenvalue weighted by Crippen LogP contribution is -2.52. The van der Waals surface area contributed by atoms with E-state index in [4.69, 9.17) is 9.47 Å². The van der Waals surface area contributed by atoms with Crippen LogP contribution in [0.3, 0.4) is 0 Å². The maximum Gasteiger partial charge on any atom is 0.408 e. The fourth-order valence-corrected chi connectivity index (χ4v) is 3.78. The van der Waals surface area contributed by atoms with Crippen molar-refractivity contribution in [1.82, 2.24) is 10.6 Å². The average Bonchev–Trinajstić information content (AvgIpc) is 2.97. The van der Waals surface area contributed by atoms with Crippen LogP contribution in [0.15, 0.2) is 54.6 Å². The van der Waals surface area contributed by atoms with Gasteiger partial charge in [-0.25, -0.2) is 27.6 Å². The van der Waals surface area contributed by atoms with E-state index in [-0.39, 0.29) is 12.2 Å². The zero-order valence-electron chi connectivity index (χ0n) is 24.3. The fraction of sp³-hybridized carbons (Fsp3) is 0.300. The van der Waals surface area contributed by atoms with E-state index in [0.29, 0.717) is 11.3 Å². The first kappa shape index (κ1) is 33.6. The molecule has 14 heteroatoms. The van der Waals surface area contributed by atoms with Crippen LogP contribution >= 0.6 is 0 Å². The van der Waals surface area contributed by atoms with E-state index in [1.807, 2.05) is 0 Å². The Bertz CT molecular complexity index is 1470. The van der Waals surface area contributed by atoms with E-state index in [9.17, 15) is 36.3 Å². The Morgan fingerprint density at radius 1 is 0.773 bits per heavy atom. The molecule has 2 N–H and O–H groups in total. The van der Waals surface area contributed by atoms with Crippen LogP contribution in [-0.4, -0.2) is 43.9 Å². The fourth-order valence-electron chi connectivity index (χ4n) is 3.78. The number of hydrogen-bond donors (Lipinski definition) is 2. The van der Waals surface area contributed by atoms with Gasteiger partial charge >= 0.3 is 18.2 Å². The van der Waals surface area contributed by atoms with Gasteiger partial charge in [0.15, 0.2) is 6.04 Å². The predicted octanol–water partition coefficient (Wildman–Crippen LogP) is 5.91. The molecular formula is C30H30F5N3O6. The Labute approximate surface area is 249 Å². The summed E-state index contributed by atoms with van der Waals surface area (Å²) in [5, 5.41) is 4.57. The molecule has 44 heavy (non-hydrogen) atoms. The van der Waals surface area contributed by atoms with E-state index in [1.165, 1.54) is 12.1 Å². The first-order chi connectivity index (χ1) is 20.6. The predicted molar refractivity (Wildman–Crippen MR) is 148 cm³/mol. The number of hydrogen-bond acceptors (Lipinski definition) is 7. The average molecular weight is 624 g/mol. The molecule has 3 aromatic carbocycles. The summed E-state index contributed by atoms with van der Waals surface area (Å²) in [6.07, 6.45) is -2.32. The van der Waals surface area contributed by atoms with Gasteiger partial charge in [0, 0.05) is 19.8 Å². The second-order valence-electron chi connectivity index (χ2n) is 10.6. The Morgan fingerprint density at radius 3 is 1.84 bits per heavy atom. The number of alkyl carbamates (subject to hydrolysis) is 2. The van der Waals surface area contributed by atoms with Gasteiger partial charge in [-0.15, -0.1) is 0 Å². The third-order valence-corrected chi connectivity index (χ3v) is 5.89. The number of esters is 1. The maximum atomic E-state index is 14.4. The molecule has 0 aliphatic heterocycles. The SMILES string of the molecule is CN(C)c1ccc([C@@H](NC(=O)OC(C)(C)C)[C@H](NC(=O)OCc2ccccc2)C(=O)Oc2c(F)c(F)c(F)c(F)c2F)cc1. The van der Waals surface area contributed by atoms with Crippen molar-refractivity contribution in [2.45, 2.75) is 45.1 Å². The monoisotopic (exact) mass is 623 g/mol. The summed E-state index contributed by atoms with van der Waals surface area (Å²) in [6.45, 7) is 4.40. The number of amides is 2. The molecule has 3 rings (SSSR count). The third kappa shape index (κ3) is 8.58. The Hall–Kier alpha value is -4.88. The highest BCUT2D eigenvalue weighted by Crippen LogP contribution is 2.31. The van der Waals surface area contributed by atoms with Gasteiger partial charge in [0.2, 0.25) is 34.8 Å². The van der Waals surface area contributed by atoms with Crippen LogP contribution in [0, 0.1) is 29.1 Å². The molecule has 0 spiro atoms. The van der Waals surface area contributed by atoms with Crippen molar-refractivity contribution in [2.24, 2.45) is 0 Å². The van der Waals surface area contributed by atoms with Crippen LogP contribution in [0.4, 0.5) is 37.2 Å². The lowest BCUT2D eigenvalue weighted by molar-refractivity contribution is -0.138. The van der Waals surface area contributed by atoms with Crippen LogP contribution < -0.4 is 20.3 Å². The lowest BCUT2D eigenvalue weighted by Gasteiger charge is -2.29. The smallest absolute Gasteiger partial charge is 0.408 e. The minimum atomic E-state index is -2.47. The Balaban J connectivity index is 2.05. The Kier molecular flexibility index (Phi) is 10.7. The molecule has 3 aromatic rings. The molecule has 2 amide bonds. The van der Waals surface area contributed by atoms with Crippen LogP contribution in [0.1, 0.15) is 37.9 Å². The van der Waals surface area contributed by atoms with Gasteiger partial charge < -0.3 is 29.7 Å². The molecule has 9 nitrogen and oxygen atoms in total. The normalized spacial score (nSPS) is 12.5. The first-order valence-electron chi connectivity index (χ1n) is 13.1. The number of carbonyl (C=O) groups excluding carboxylic acids is 3. The van der Waals surface area contributed by atoms with Crippen LogP contribution in [0.2, 0.25) is 0 Å². The second kappa shape index (κ2) is 14.1. The van der Waals surface area contributed by atoms with Crippen molar-refractivity contribution in [3.8, 4) is 5.75 Å². The van der Waals surface area contributed by atoms with Crippen molar-refractivity contribution >= 4 is 23.8 Å². The van der Waals surface area contributed by atoms with Crippen LogP contribution in [0.5, 0.6) is 5.75 Å². The summed E-state index contributed by atoms with van der Waals surface area (Å²) < 4.78 is 85.3. The van der Waals surface area contributed by atoms with E-state index in [2.05, 4.69) is 15.4 Å². The minimum absolute atomic E-state index is 0.157. The second-order valence-corrected chi connectivity index (χ2v) is 10.6. The van der Waals surface area contributed by atoms with Crippen LogP contribution in [0.25, 0.3) is 0 Å². The molecule has 0 aliphatic carbocycles. The summed E-state index contributed by atoms with van der Waals surface area (Å²) in [4.78, 5) is 40.9. The van der Waals surface area contributed by atoms with E-state index >= 15 is 0 Å². The summed E-state index contributed by atoms with van der Waals surface area (Å²) >= 11 is 0. The summed E-state index contributed by atoms with van der Waals surface area (Å²) in [7, 11) is 3.50. The summed E-state index contributed by atoms with van der Waals surface area (Å²) in [6, 6.07) is 10.9. The number of nitrogens with zero attached hydrogens (tertiary/aromatic N) is 1. The molecule has 0 bridgehead atoms. The molecule has 0 fully saturated rings. The molecular weight excluding hydrogens is 593 g/mol. The molecule has 0 aliphatic rings. The minimum Gasteiger partial charge on any atom is -0.445 e. The summed E-state index contributed by atoms with van der Waals surface area (Å²) in [5.41, 5.74) is 0.396. The van der Waals surface area contributed by atoms with Crippen molar-refractivity contribution in [1.29, 1.82) is 0 Å². The lowest BCUT2D eigenvalue weighted by atomic mass is 9.98. The highest BCUT2D eigenvalue weighted by Gasteiger charge is 2.38. The number of anilines is 1. The largest absolute Gasteiger partial charge is 0.445 e. The van der Waals surface area contributed by atoms with Gasteiger partial charge in [0.05, 0.1) is 6.04 Å². The molecule has 0 radical (unpaired) electrons. The molecule has 0 aromatic heterocycles. The third-order valence-electron chi connectivity index (χ3n) is 5.89. The van der Waals surface area contributed by atoms with E-state index in [0.717, 1.165) is 0 Å². The molecule has 0 saturated carbocycles. The number of nitrogens with one attached hydrogen (secondary N) is 2. The highest BCUT2D eigenvalue weighted by molar-refractivity contribution is 5.85. The molecule has 0 unspecified atom stereocenters. The van der Waals surface area contributed by atoms with E-state index < -0.39 is 70.7 Å². The zero-order valence-corrected chi connectivity index (χ0v) is 24.3. The molecule has 0 heterocycles. The van der Waals surface area contributed by atoms with Crippen LogP contribution in [-0.2, 0) is 20.9 Å². The summed E-state index contributed by atoms with van der Waals surface area (Å²) in [5.74, 6) is -15.6. The van der Waals surface area contributed by atoms with Gasteiger partial charge in [-0.3, -0.25) is 0 Å². The van der Waals surface area contributed by atoms with Crippen molar-refractivity contribution in [3.05, 3.63) is 94.8 Å². The highest BCUT2D eigenvalue weighted by atomic mass is 19.2. The van der Waals surface area contributed by atoms with Gasteiger partial charge in [0.1, 0.15) is 12.2 Å². The molecule has 0 saturated heterocycles. The Morgan fingerprint density at radius 2 is 1.32 bits per heavy atom. The number of benzene rings is 3. The maximum absolute atomic E-state index is 14.4. The first-order valence-corrected chi connectivity index (χ1v) is 13.1. The number of ether oxygens (including phenoxy) is 3. The molecule has 236 valence electrons. The standard InChI is InChI=1S/C30H30F5N3O6/c1-30(2,3)44-29(41)36-24(17-11-13-18(14-12-17)38(4)5)25(37-28(40)42-15-16-9-7-6-8-10-16)27(39)43-26-22(34)20(32)19(31)21(33)23(26)35/h6-14,24-25H,15H2,1-5H3,(H,36,41)(H,37,40)/t24-,25+/m1/s1. The zero-order chi connectivity index (χ0) is 32.8. The van der Waals surface area contributed by atoms with Gasteiger partial charge in [0.25, 0.3) is 0 Å². The van der Waals surface area contributed by atoms with Gasteiger partial charge in [-0.2, -0.15) is 8.78 Å². The van der Waals surface area contributed by atoms with E-state index in [1.54, 1.807) is 82.2 Å². The van der Waals surface area contributed by atoms with Crippen molar-refractivity contribution < 1.29 is 50.5 Å². The number of carbonyl (C=O) groups is 3. The van der Waals surface area contributed by atoms with Crippen molar-refractivity contribution in [2.75, 3.05) is 19.0 Å². The van der Waals surface area contributed by atoms with Gasteiger partial charge in [-0.05, 0) is 44.0 Å². The van der Waals surface area contributed by atoms with Gasteiger partial charge in [-0.1, -0.05) is 42.5 Å². The topological polar surface area (TPSA) is 106 Å².